The molecule has 1 aliphatic heterocycles. The van der Waals surface area contributed by atoms with Crippen LogP contribution in [0.4, 0.5) is 5.82 Å². The highest BCUT2D eigenvalue weighted by Gasteiger charge is 2.25. The third-order valence-electron chi connectivity index (χ3n) is 5.53. The van der Waals surface area contributed by atoms with Crippen LogP contribution < -0.4 is 10.5 Å². The lowest BCUT2D eigenvalue weighted by Gasteiger charge is -2.29. The van der Waals surface area contributed by atoms with Crippen LogP contribution in [0, 0.1) is 0 Å². The van der Waals surface area contributed by atoms with Crippen LogP contribution in [0.2, 0.25) is 0 Å². The van der Waals surface area contributed by atoms with E-state index >= 15 is 0 Å². The predicted octanol–water partition coefficient (Wildman–Crippen LogP) is 3.53. The summed E-state index contributed by atoms with van der Waals surface area (Å²) in [7, 11) is 2.15. The fourth-order valence-electron chi connectivity index (χ4n) is 3.88. The molecular weight excluding hydrogens is 378 g/mol. The Labute approximate surface area is 174 Å². The highest BCUT2D eigenvalue weighted by molar-refractivity contribution is 5.98. The van der Waals surface area contributed by atoms with Gasteiger partial charge >= 0.3 is 0 Å². The van der Waals surface area contributed by atoms with Gasteiger partial charge in [-0.25, -0.2) is 19.6 Å². The Balaban J connectivity index is 1.51. The summed E-state index contributed by atoms with van der Waals surface area (Å²) in [6.45, 7) is 2.07. The number of hydrogen-bond acceptors (Lipinski definition) is 7. The summed E-state index contributed by atoms with van der Waals surface area (Å²) in [4.78, 5) is 15.5. The molecule has 8 nitrogen and oxygen atoms in total. The van der Waals surface area contributed by atoms with Crippen molar-refractivity contribution in [2.24, 2.45) is 0 Å². The number of benzene rings is 1. The van der Waals surface area contributed by atoms with Crippen LogP contribution in [0.15, 0.2) is 55.0 Å². The van der Waals surface area contributed by atoms with Crippen molar-refractivity contribution in [1.29, 1.82) is 0 Å². The van der Waals surface area contributed by atoms with Crippen molar-refractivity contribution >= 4 is 16.9 Å². The summed E-state index contributed by atoms with van der Waals surface area (Å²) in [5, 5.41) is 5.69. The quantitative estimate of drug-likeness (QED) is 0.559. The number of anilines is 1. The SMILES string of the molecule is CN1CCC(n2nc(-c3ccc(Oc4ccccc4)nc3)c3c(N)ncnc32)CC1. The van der Waals surface area contributed by atoms with Crippen molar-refractivity contribution < 1.29 is 4.74 Å². The van der Waals surface area contributed by atoms with Gasteiger partial charge in [0.15, 0.2) is 5.65 Å². The third-order valence-corrected chi connectivity index (χ3v) is 5.53. The minimum absolute atomic E-state index is 0.292. The van der Waals surface area contributed by atoms with Gasteiger partial charge in [0.05, 0.1) is 11.4 Å². The third kappa shape index (κ3) is 3.46. The Morgan fingerprint density at radius 1 is 1.00 bits per heavy atom. The molecule has 152 valence electrons. The van der Waals surface area contributed by atoms with E-state index in [1.807, 2.05) is 47.1 Å². The van der Waals surface area contributed by atoms with Gasteiger partial charge in [0.25, 0.3) is 0 Å². The van der Waals surface area contributed by atoms with E-state index in [4.69, 9.17) is 15.6 Å². The Morgan fingerprint density at radius 2 is 1.80 bits per heavy atom. The molecule has 0 amide bonds. The van der Waals surface area contributed by atoms with Crippen LogP contribution >= 0.6 is 0 Å². The molecule has 5 rings (SSSR count). The van der Waals surface area contributed by atoms with Crippen molar-refractivity contribution in [2.75, 3.05) is 25.9 Å². The molecule has 8 heteroatoms. The fraction of sp³-hybridized carbons (Fsp3) is 0.273. The Bertz CT molecular complexity index is 1150. The zero-order chi connectivity index (χ0) is 20.5. The molecule has 0 radical (unpaired) electrons. The largest absolute Gasteiger partial charge is 0.439 e. The normalized spacial score (nSPS) is 15.5. The van der Waals surface area contributed by atoms with Crippen molar-refractivity contribution in [3.05, 3.63) is 55.0 Å². The summed E-state index contributed by atoms with van der Waals surface area (Å²) in [5.74, 6) is 1.69. The Hall–Kier alpha value is -3.52. The van der Waals surface area contributed by atoms with E-state index in [2.05, 4.69) is 26.9 Å². The summed E-state index contributed by atoms with van der Waals surface area (Å²) in [5.41, 5.74) is 8.61. The lowest BCUT2D eigenvalue weighted by Crippen LogP contribution is -2.31. The second kappa shape index (κ2) is 7.72. The van der Waals surface area contributed by atoms with E-state index in [1.54, 1.807) is 6.20 Å². The number of aromatic nitrogens is 5. The molecule has 2 N–H and O–H groups in total. The standard InChI is InChI=1S/C22H23N7O/c1-28-11-9-16(10-12-28)29-22-19(21(23)25-14-26-22)20(27-29)15-7-8-18(24-13-15)30-17-5-3-2-4-6-17/h2-8,13-14,16H,9-12H2,1H3,(H2,23,25,26). The smallest absolute Gasteiger partial charge is 0.219 e. The van der Waals surface area contributed by atoms with Gasteiger partial charge in [0.2, 0.25) is 5.88 Å². The highest BCUT2D eigenvalue weighted by Crippen LogP contribution is 2.34. The van der Waals surface area contributed by atoms with E-state index in [0.717, 1.165) is 54.0 Å². The van der Waals surface area contributed by atoms with Gasteiger partial charge in [0, 0.05) is 17.8 Å². The van der Waals surface area contributed by atoms with E-state index in [-0.39, 0.29) is 0 Å². The van der Waals surface area contributed by atoms with E-state index < -0.39 is 0 Å². The maximum atomic E-state index is 6.23. The first-order valence-corrected chi connectivity index (χ1v) is 10.1. The summed E-state index contributed by atoms with van der Waals surface area (Å²) in [6.07, 6.45) is 5.31. The molecule has 0 atom stereocenters. The van der Waals surface area contributed by atoms with Crippen LogP contribution in [0.25, 0.3) is 22.3 Å². The lowest BCUT2D eigenvalue weighted by atomic mass is 10.1. The van der Waals surface area contributed by atoms with Crippen molar-refractivity contribution in [2.45, 2.75) is 18.9 Å². The molecule has 1 fully saturated rings. The molecule has 1 aromatic carbocycles. The molecule has 0 saturated carbocycles. The minimum Gasteiger partial charge on any atom is -0.439 e. The van der Waals surface area contributed by atoms with Gasteiger partial charge in [0.1, 0.15) is 23.6 Å². The van der Waals surface area contributed by atoms with Crippen molar-refractivity contribution in [3.63, 3.8) is 0 Å². The zero-order valence-electron chi connectivity index (χ0n) is 16.8. The molecule has 4 heterocycles. The molecule has 0 bridgehead atoms. The first-order chi connectivity index (χ1) is 14.7. The zero-order valence-corrected chi connectivity index (χ0v) is 16.8. The molecule has 3 aromatic heterocycles. The Morgan fingerprint density at radius 3 is 2.53 bits per heavy atom. The second-order valence-corrected chi connectivity index (χ2v) is 7.59. The number of rotatable bonds is 4. The minimum atomic E-state index is 0.292. The lowest BCUT2D eigenvalue weighted by molar-refractivity contribution is 0.215. The van der Waals surface area contributed by atoms with E-state index in [1.165, 1.54) is 6.33 Å². The summed E-state index contributed by atoms with van der Waals surface area (Å²) in [6, 6.07) is 13.7. The van der Waals surface area contributed by atoms with Crippen LogP contribution in [-0.2, 0) is 0 Å². The Kier molecular flexibility index (Phi) is 4.76. The molecule has 1 saturated heterocycles. The van der Waals surface area contributed by atoms with Gasteiger partial charge in [-0.2, -0.15) is 5.10 Å². The second-order valence-electron chi connectivity index (χ2n) is 7.59. The molecule has 0 spiro atoms. The van der Waals surface area contributed by atoms with Crippen LogP contribution in [0.5, 0.6) is 11.6 Å². The van der Waals surface area contributed by atoms with Crippen molar-refractivity contribution in [3.8, 4) is 22.9 Å². The highest BCUT2D eigenvalue weighted by atomic mass is 16.5. The van der Waals surface area contributed by atoms with Gasteiger partial charge in [-0.15, -0.1) is 0 Å². The van der Waals surface area contributed by atoms with Gasteiger partial charge in [-0.05, 0) is 51.2 Å². The van der Waals surface area contributed by atoms with Gasteiger partial charge in [-0.1, -0.05) is 18.2 Å². The maximum absolute atomic E-state index is 6.23. The average Bonchev–Trinajstić information content (AvgIpc) is 3.17. The number of hydrogen-bond donors (Lipinski definition) is 1. The number of nitrogens with zero attached hydrogens (tertiary/aromatic N) is 6. The first kappa shape index (κ1) is 18.5. The van der Waals surface area contributed by atoms with Crippen LogP contribution in [-0.4, -0.2) is 49.8 Å². The number of ether oxygens (including phenoxy) is 1. The van der Waals surface area contributed by atoms with Crippen LogP contribution in [0.3, 0.4) is 0 Å². The average molecular weight is 401 g/mol. The van der Waals surface area contributed by atoms with E-state index in [9.17, 15) is 0 Å². The summed E-state index contributed by atoms with van der Waals surface area (Å²) >= 11 is 0. The number of nitrogens with two attached hydrogens (primary N) is 1. The first-order valence-electron chi connectivity index (χ1n) is 10.1. The van der Waals surface area contributed by atoms with Crippen molar-refractivity contribution in [1.82, 2.24) is 29.6 Å². The number of pyridine rings is 1. The molecule has 4 aromatic rings. The maximum Gasteiger partial charge on any atom is 0.219 e. The number of piperidine rings is 1. The predicted molar refractivity (Wildman–Crippen MR) is 115 cm³/mol. The molecule has 30 heavy (non-hydrogen) atoms. The number of fused-ring (bicyclic) bond motifs is 1. The molecule has 1 aliphatic rings. The van der Waals surface area contributed by atoms with Gasteiger partial charge < -0.3 is 15.4 Å². The molecular formula is C22H23N7O. The van der Waals surface area contributed by atoms with Gasteiger partial charge in [-0.3, -0.25) is 0 Å². The number of para-hydroxylation sites is 1. The molecule has 0 unspecified atom stereocenters. The topological polar surface area (TPSA) is 95.0 Å². The number of nitrogen functional groups attached to an aromatic ring is 1. The monoisotopic (exact) mass is 401 g/mol. The molecule has 0 aliphatic carbocycles. The summed E-state index contributed by atoms with van der Waals surface area (Å²) < 4.78 is 7.82. The fourth-order valence-corrected chi connectivity index (χ4v) is 3.88. The van der Waals surface area contributed by atoms with E-state index in [0.29, 0.717) is 17.7 Å². The number of likely N-dealkylation sites (tertiary alicyclic amines) is 1. The van der Waals surface area contributed by atoms with Crippen LogP contribution in [0.1, 0.15) is 18.9 Å².